The average Bonchev–Trinajstić information content (AvgIpc) is 3.45. The molecule has 0 bridgehead atoms. The van der Waals surface area contributed by atoms with Gasteiger partial charge in [-0.2, -0.15) is 0 Å². The largest absolute Gasteiger partial charge is 0.376 e. The lowest BCUT2D eigenvalue weighted by molar-refractivity contribution is -0.136. The van der Waals surface area contributed by atoms with Crippen molar-refractivity contribution in [3.8, 4) is 0 Å². The van der Waals surface area contributed by atoms with Gasteiger partial charge in [-0.3, -0.25) is 14.4 Å². The minimum Gasteiger partial charge on any atom is -0.376 e. The van der Waals surface area contributed by atoms with Crippen LogP contribution in [-0.2, 0) is 20.7 Å². The number of nitrogens with one attached hydrogen (secondary N) is 2. The molecule has 7 nitrogen and oxygen atoms in total. The summed E-state index contributed by atoms with van der Waals surface area (Å²) in [6.07, 6.45) is 3.53. The highest BCUT2D eigenvalue weighted by Crippen LogP contribution is 2.31. The summed E-state index contributed by atoms with van der Waals surface area (Å²) in [7, 11) is 0. The van der Waals surface area contributed by atoms with E-state index in [0.717, 1.165) is 36.9 Å². The van der Waals surface area contributed by atoms with Crippen LogP contribution in [0.5, 0.6) is 0 Å². The number of carbonyl (C=O) groups is 3. The lowest BCUT2D eigenvalue weighted by atomic mass is 10.0. The predicted molar refractivity (Wildman–Crippen MR) is 111 cm³/mol. The van der Waals surface area contributed by atoms with E-state index in [9.17, 15) is 14.4 Å². The molecule has 0 radical (unpaired) electrons. The van der Waals surface area contributed by atoms with Gasteiger partial charge in [0, 0.05) is 31.1 Å². The number of aryl methyl sites for hydroxylation is 1. The normalized spacial score (nSPS) is 18.2. The van der Waals surface area contributed by atoms with Gasteiger partial charge in [-0.1, -0.05) is 6.07 Å². The van der Waals surface area contributed by atoms with E-state index in [-0.39, 0.29) is 12.0 Å². The third-order valence-electron chi connectivity index (χ3n) is 5.15. The van der Waals surface area contributed by atoms with Crippen LogP contribution in [0, 0.1) is 0 Å². The molecular formula is C21H23N3O4S. The van der Waals surface area contributed by atoms with Gasteiger partial charge in [0.15, 0.2) is 0 Å². The SMILES string of the molecule is O=C(NC[C@H]1CCCO1)C(=O)Nc1ccc2c(c1)CCCN2C(=O)c1cccs1. The van der Waals surface area contributed by atoms with Crippen LogP contribution < -0.4 is 15.5 Å². The Bertz CT molecular complexity index is 907. The molecule has 1 aromatic carbocycles. The van der Waals surface area contributed by atoms with Crippen molar-refractivity contribution in [2.45, 2.75) is 31.8 Å². The molecule has 0 unspecified atom stereocenters. The Morgan fingerprint density at radius 2 is 2.07 bits per heavy atom. The van der Waals surface area contributed by atoms with Crippen LogP contribution in [0.15, 0.2) is 35.7 Å². The Morgan fingerprint density at radius 3 is 2.83 bits per heavy atom. The maximum atomic E-state index is 12.8. The predicted octanol–water partition coefficient (Wildman–Crippen LogP) is 2.57. The number of fused-ring (bicyclic) bond motifs is 1. The second-order valence-corrected chi connectivity index (χ2v) is 8.13. The Kier molecular flexibility index (Phi) is 5.92. The lowest BCUT2D eigenvalue weighted by Crippen LogP contribution is -2.39. The Morgan fingerprint density at radius 1 is 1.17 bits per heavy atom. The average molecular weight is 413 g/mol. The second kappa shape index (κ2) is 8.75. The van der Waals surface area contributed by atoms with Gasteiger partial charge in [-0.05, 0) is 60.9 Å². The molecule has 1 fully saturated rings. The number of amides is 3. The molecule has 2 aliphatic rings. The zero-order chi connectivity index (χ0) is 20.2. The number of ether oxygens (including phenoxy) is 1. The summed E-state index contributed by atoms with van der Waals surface area (Å²) in [5.41, 5.74) is 2.39. The highest BCUT2D eigenvalue weighted by atomic mass is 32.1. The lowest BCUT2D eigenvalue weighted by Gasteiger charge is -2.29. The fourth-order valence-corrected chi connectivity index (χ4v) is 4.37. The zero-order valence-electron chi connectivity index (χ0n) is 16.0. The third kappa shape index (κ3) is 4.49. The number of hydrogen-bond donors (Lipinski definition) is 2. The monoisotopic (exact) mass is 413 g/mol. The molecule has 1 atom stereocenters. The van der Waals surface area contributed by atoms with Crippen molar-refractivity contribution in [3.63, 3.8) is 0 Å². The maximum absolute atomic E-state index is 12.8. The van der Waals surface area contributed by atoms with Crippen molar-refractivity contribution in [2.24, 2.45) is 0 Å². The first-order valence-electron chi connectivity index (χ1n) is 9.81. The number of carbonyl (C=O) groups excluding carboxylic acids is 3. The Labute approximate surface area is 173 Å². The molecule has 0 aliphatic carbocycles. The van der Waals surface area contributed by atoms with E-state index in [1.165, 1.54) is 11.3 Å². The van der Waals surface area contributed by atoms with E-state index in [2.05, 4.69) is 10.6 Å². The van der Waals surface area contributed by atoms with Gasteiger partial charge in [0.1, 0.15) is 0 Å². The van der Waals surface area contributed by atoms with Crippen LogP contribution in [0.3, 0.4) is 0 Å². The first kappa shape index (κ1) is 19.6. The van der Waals surface area contributed by atoms with Gasteiger partial charge >= 0.3 is 11.8 Å². The smallest absolute Gasteiger partial charge is 0.313 e. The van der Waals surface area contributed by atoms with Gasteiger partial charge in [-0.25, -0.2) is 0 Å². The molecule has 0 saturated carbocycles. The topological polar surface area (TPSA) is 87.7 Å². The molecule has 29 heavy (non-hydrogen) atoms. The number of anilines is 2. The minimum absolute atomic E-state index is 0.00811. The van der Waals surface area contributed by atoms with Crippen LogP contribution in [0.25, 0.3) is 0 Å². The van der Waals surface area contributed by atoms with Crippen molar-refractivity contribution >= 4 is 40.4 Å². The summed E-state index contributed by atoms with van der Waals surface area (Å²) in [6.45, 7) is 1.71. The number of benzene rings is 1. The quantitative estimate of drug-likeness (QED) is 0.754. The summed E-state index contributed by atoms with van der Waals surface area (Å²) < 4.78 is 5.44. The van der Waals surface area contributed by atoms with Crippen molar-refractivity contribution in [1.82, 2.24) is 5.32 Å². The van der Waals surface area contributed by atoms with Crippen molar-refractivity contribution < 1.29 is 19.1 Å². The van der Waals surface area contributed by atoms with E-state index in [0.29, 0.717) is 30.3 Å². The van der Waals surface area contributed by atoms with Crippen LogP contribution in [0.2, 0.25) is 0 Å². The zero-order valence-corrected chi connectivity index (χ0v) is 16.8. The van der Waals surface area contributed by atoms with E-state index >= 15 is 0 Å². The van der Waals surface area contributed by atoms with Gasteiger partial charge < -0.3 is 20.3 Å². The minimum atomic E-state index is -0.703. The molecular weight excluding hydrogens is 390 g/mol. The molecule has 0 spiro atoms. The molecule has 152 valence electrons. The van der Waals surface area contributed by atoms with Gasteiger partial charge in [0.05, 0.1) is 11.0 Å². The molecule has 1 aromatic heterocycles. The van der Waals surface area contributed by atoms with Crippen molar-refractivity contribution in [3.05, 3.63) is 46.2 Å². The summed E-state index contributed by atoms with van der Waals surface area (Å²) in [6, 6.07) is 9.09. The van der Waals surface area contributed by atoms with Crippen LogP contribution in [-0.4, -0.2) is 43.5 Å². The van der Waals surface area contributed by atoms with Crippen molar-refractivity contribution in [2.75, 3.05) is 29.9 Å². The molecule has 2 aliphatic heterocycles. The first-order chi connectivity index (χ1) is 14.1. The van der Waals surface area contributed by atoms with Crippen LogP contribution in [0.4, 0.5) is 11.4 Å². The molecule has 1 saturated heterocycles. The summed E-state index contributed by atoms with van der Waals surface area (Å²) in [4.78, 5) is 39.5. The standard InChI is InChI=1S/C21H23N3O4S/c25-19(22-13-16-5-2-10-28-16)20(26)23-15-7-8-17-14(12-15)4-1-9-24(17)21(27)18-6-3-11-29-18/h3,6-8,11-12,16H,1-2,4-5,9-10,13H2,(H,22,25)(H,23,26)/t16-/m1/s1. The number of rotatable bonds is 4. The fourth-order valence-electron chi connectivity index (χ4n) is 3.70. The molecule has 2 aromatic rings. The van der Waals surface area contributed by atoms with E-state index < -0.39 is 11.8 Å². The van der Waals surface area contributed by atoms with E-state index in [1.54, 1.807) is 11.0 Å². The van der Waals surface area contributed by atoms with E-state index in [1.807, 2.05) is 29.6 Å². The molecule has 3 heterocycles. The Hall–Kier alpha value is -2.71. The Balaban J connectivity index is 1.40. The third-order valence-corrected chi connectivity index (χ3v) is 6.01. The van der Waals surface area contributed by atoms with Crippen molar-refractivity contribution in [1.29, 1.82) is 0 Å². The maximum Gasteiger partial charge on any atom is 0.313 e. The van der Waals surface area contributed by atoms with Gasteiger partial charge in [-0.15, -0.1) is 11.3 Å². The summed E-state index contributed by atoms with van der Waals surface area (Å²) in [5.74, 6) is -1.38. The van der Waals surface area contributed by atoms with Gasteiger partial charge in [0.25, 0.3) is 5.91 Å². The molecule has 3 amide bonds. The molecule has 8 heteroatoms. The highest BCUT2D eigenvalue weighted by molar-refractivity contribution is 7.12. The summed E-state index contributed by atoms with van der Waals surface area (Å²) in [5, 5.41) is 7.15. The van der Waals surface area contributed by atoms with Crippen LogP contribution >= 0.6 is 11.3 Å². The molecule has 4 rings (SSSR count). The highest BCUT2D eigenvalue weighted by Gasteiger charge is 2.25. The van der Waals surface area contributed by atoms with Crippen LogP contribution in [0.1, 0.15) is 34.5 Å². The van der Waals surface area contributed by atoms with E-state index in [4.69, 9.17) is 4.74 Å². The van der Waals surface area contributed by atoms with Gasteiger partial charge in [0.2, 0.25) is 0 Å². The first-order valence-corrected chi connectivity index (χ1v) is 10.7. The number of nitrogens with zero attached hydrogens (tertiary/aromatic N) is 1. The summed E-state index contributed by atoms with van der Waals surface area (Å²) >= 11 is 1.43. The fraction of sp³-hybridized carbons (Fsp3) is 0.381. The molecule has 2 N–H and O–H groups in total. The number of thiophene rings is 1. The second-order valence-electron chi connectivity index (χ2n) is 7.18. The number of hydrogen-bond acceptors (Lipinski definition) is 5.